The Labute approximate surface area is 108 Å². The number of hydrogen-bond acceptors (Lipinski definition) is 4. The number of nitrogen functional groups attached to an aromatic ring is 1. The molecule has 0 unspecified atom stereocenters. The van der Waals surface area contributed by atoms with E-state index in [1.807, 2.05) is 29.2 Å². The first-order valence-corrected chi connectivity index (χ1v) is 6.33. The number of carbonyl (C=O) groups excluding carboxylic acids is 1. The molecule has 98 valence electrons. The third-order valence-electron chi connectivity index (χ3n) is 3.42. The standard InChI is InChI=1S/C13H20N4O/c1-2-16-7-9-17(10-8-16)13(18)11-5-3-4-6-12(11)15-14/h3-6,15H,2,7-10,14H2,1H3. The Bertz CT molecular complexity index is 413. The number of hydrogen-bond donors (Lipinski definition) is 2. The van der Waals surface area contributed by atoms with Crippen molar-refractivity contribution in [1.82, 2.24) is 9.80 Å². The van der Waals surface area contributed by atoms with Crippen LogP contribution in [0.25, 0.3) is 0 Å². The van der Waals surface area contributed by atoms with Crippen molar-refractivity contribution in [3.63, 3.8) is 0 Å². The molecule has 0 aromatic heterocycles. The minimum atomic E-state index is 0.0549. The predicted molar refractivity (Wildman–Crippen MR) is 72.3 cm³/mol. The molecule has 2 rings (SSSR count). The quantitative estimate of drug-likeness (QED) is 0.612. The second-order valence-corrected chi connectivity index (χ2v) is 4.42. The Kier molecular flexibility index (Phi) is 4.17. The van der Waals surface area contributed by atoms with Crippen molar-refractivity contribution < 1.29 is 4.79 Å². The van der Waals surface area contributed by atoms with Crippen molar-refractivity contribution in [3.8, 4) is 0 Å². The van der Waals surface area contributed by atoms with Crippen LogP contribution in [-0.4, -0.2) is 48.4 Å². The molecule has 0 spiro atoms. The summed E-state index contributed by atoms with van der Waals surface area (Å²) >= 11 is 0. The van der Waals surface area contributed by atoms with Gasteiger partial charge >= 0.3 is 0 Å². The van der Waals surface area contributed by atoms with Gasteiger partial charge in [-0.15, -0.1) is 0 Å². The molecule has 0 aliphatic carbocycles. The van der Waals surface area contributed by atoms with Crippen LogP contribution in [0.1, 0.15) is 17.3 Å². The van der Waals surface area contributed by atoms with E-state index in [4.69, 9.17) is 5.84 Å². The van der Waals surface area contributed by atoms with Gasteiger partial charge < -0.3 is 15.2 Å². The number of amides is 1. The molecule has 1 heterocycles. The molecule has 5 nitrogen and oxygen atoms in total. The topological polar surface area (TPSA) is 61.6 Å². The number of nitrogens with zero attached hydrogens (tertiary/aromatic N) is 2. The lowest BCUT2D eigenvalue weighted by Crippen LogP contribution is -2.48. The van der Waals surface area contributed by atoms with Crippen LogP contribution in [0.3, 0.4) is 0 Å². The number of rotatable bonds is 3. The molecule has 1 amide bonds. The Morgan fingerprint density at radius 3 is 2.56 bits per heavy atom. The minimum absolute atomic E-state index is 0.0549. The summed E-state index contributed by atoms with van der Waals surface area (Å²) in [6, 6.07) is 7.34. The summed E-state index contributed by atoms with van der Waals surface area (Å²) in [5.74, 6) is 5.49. The number of hydrazine groups is 1. The summed E-state index contributed by atoms with van der Waals surface area (Å²) in [7, 11) is 0. The van der Waals surface area contributed by atoms with Crippen LogP contribution in [0.5, 0.6) is 0 Å². The lowest BCUT2D eigenvalue weighted by Gasteiger charge is -2.34. The minimum Gasteiger partial charge on any atom is -0.336 e. The molecule has 5 heteroatoms. The van der Waals surface area contributed by atoms with E-state index in [1.54, 1.807) is 0 Å². The number of nitrogens with two attached hydrogens (primary N) is 1. The van der Waals surface area contributed by atoms with E-state index in [2.05, 4.69) is 17.2 Å². The highest BCUT2D eigenvalue weighted by Crippen LogP contribution is 2.17. The van der Waals surface area contributed by atoms with Crippen molar-refractivity contribution >= 4 is 11.6 Å². The lowest BCUT2D eigenvalue weighted by atomic mass is 10.1. The molecule has 0 radical (unpaired) electrons. The Morgan fingerprint density at radius 2 is 1.94 bits per heavy atom. The van der Waals surface area contributed by atoms with E-state index in [0.29, 0.717) is 11.3 Å². The summed E-state index contributed by atoms with van der Waals surface area (Å²) in [6.07, 6.45) is 0. The third kappa shape index (κ3) is 2.63. The Morgan fingerprint density at radius 1 is 1.28 bits per heavy atom. The van der Waals surface area contributed by atoms with Gasteiger partial charge in [0.1, 0.15) is 0 Å². The maximum Gasteiger partial charge on any atom is 0.256 e. The number of nitrogens with one attached hydrogen (secondary N) is 1. The maximum absolute atomic E-state index is 12.4. The smallest absolute Gasteiger partial charge is 0.256 e. The molecule has 1 aromatic carbocycles. The van der Waals surface area contributed by atoms with Crippen LogP contribution in [0.4, 0.5) is 5.69 Å². The first kappa shape index (κ1) is 12.9. The molecular weight excluding hydrogens is 228 g/mol. The van der Waals surface area contributed by atoms with E-state index in [-0.39, 0.29) is 5.91 Å². The zero-order chi connectivity index (χ0) is 13.0. The van der Waals surface area contributed by atoms with Gasteiger partial charge in [-0.05, 0) is 18.7 Å². The Hall–Kier alpha value is -1.59. The second-order valence-electron chi connectivity index (χ2n) is 4.42. The van der Waals surface area contributed by atoms with Gasteiger partial charge in [0, 0.05) is 26.2 Å². The molecule has 0 atom stereocenters. The highest BCUT2D eigenvalue weighted by atomic mass is 16.2. The van der Waals surface area contributed by atoms with E-state index < -0.39 is 0 Å². The molecule has 1 aromatic rings. The van der Waals surface area contributed by atoms with Crippen LogP contribution in [0.15, 0.2) is 24.3 Å². The summed E-state index contributed by atoms with van der Waals surface area (Å²) < 4.78 is 0. The molecule has 1 aliphatic heterocycles. The van der Waals surface area contributed by atoms with Gasteiger partial charge in [-0.2, -0.15) is 0 Å². The third-order valence-corrected chi connectivity index (χ3v) is 3.42. The van der Waals surface area contributed by atoms with Crippen LogP contribution >= 0.6 is 0 Å². The highest BCUT2D eigenvalue weighted by Gasteiger charge is 2.22. The summed E-state index contributed by atoms with van der Waals surface area (Å²) in [5.41, 5.74) is 3.90. The van der Waals surface area contributed by atoms with E-state index in [1.165, 1.54) is 0 Å². The van der Waals surface area contributed by atoms with Crippen LogP contribution in [0.2, 0.25) is 0 Å². The first-order chi connectivity index (χ1) is 8.76. The van der Waals surface area contributed by atoms with Gasteiger partial charge in [0.15, 0.2) is 0 Å². The molecule has 1 fully saturated rings. The van der Waals surface area contributed by atoms with Crippen molar-refractivity contribution in [2.75, 3.05) is 38.1 Å². The fraction of sp³-hybridized carbons (Fsp3) is 0.462. The fourth-order valence-corrected chi connectivity index (χ4v) is 2.23. The van der Waals surface area contributed by atoms with Crippen LogP contribution in [0, 0.1) is 0 Å². The zero-order valence-electron chi connectivity index (χ0n) is 10.7. The fourth-order valence-electron chi connectivity index (χ4n) is 2.23. The number of likely N-dealkylation sites (N-methyl/N-ethyl adjacent to an activating group) is 1. The van der Waals surface area contributed by atoms with Crippen LogP contribution < -0.4 is 11.3 Å². The number of piperazine rings is 1. The lowest BCUT2D eigenvalue weighted by molar-refractivity contribution is 0.0644. The van der Waals surface area contributed by atoms with Crippen molar-refractivity contribution in [3.05, 3.63) is 29.8 Å². The zero-order valence-corrected chi connectivity index (χ0v) is 10.7. The summed E-state index contributed by atoms with van der Waals surface area (Å²) in [5, 5.41) is 0. The molecule has 0 saturated carbocycles. The van der Waals surface area contributed by atoms with Gasteiger partial charge in [-0.3, -0.25) is 10.6 Å². The monoisotopic (exact) mass is 248 g/mol. The van der Waals surface area contributed by atoms with Gasteiger partial charge in [0.25, 0.3) is 5.91 Å². The molecule has 1 saturated heterocycles. The van der Waals surface area contributed by atoms with E-state index in [0.717, 1.165) is 32.7 Å². The molecule has 3 N–H and O–H groups in total. The molecule has 18 heavy (non-hydrogen) atoms. The van der Waals surface area contributed by atoms with Crippen molar-refractivity contribution in [1.29, 1.82) is 0 Å². The SMILES string of the molecule is CCN1CCN(C(=O)c2ccccc2NN)CC1. The highest BCUT2D eigenvalue weighted by molar-refractivity contribution is 5.99. The van der Waals surface area contributed by atoms with E-state index in [9.17, 15) is 4.79 Å². The van der Waals surface area contributed by atoms with Crippen molar-refractivity contribution in [2.24, 2.45) is 5.84 Å². The molecular formula is C13H20N4O. The normalized spacial score (nSPS) is 16.7. The largest absolute Gasteiger partial charge is 0.336 e. The molecule has 1 aliphatic rings. The first-order valence-electron chi connectivity index (χ1n) is 6.33. The molecule has 0 bridgehead atoms. The number of benzene rings is 1. The van der Waals surface area contributed by atoms with E-state index >= 15 is 0 Å². The van der Waals surface area contributed by atoms with Gasteiger partial charge in [0.2, 0.25) is 0 Å². The second kappa shape index (κ2) is 5.84. The van der Waals surface area contributed by atoms with Gasteiger partial charge in [0.05, 0.1) is 11.3 Å². The van der Waals surface area contributed by atoms with Crippen LogP contribution in [-0.2, 0) is 0 Å². The summed E-state index contributed by atoms with van der Waals surface area (Å²) in [6.45, 7) is 6.65. The van der Waals surface area contributed by atoms with Crippen molar-refractivity contribution in [2.45, 2.75) is 6.92 Å². The maximum atomic E-state index is 12.4. The average molecular weight is 248 g/mol. The van der Waals surface area contributed by atoms with Gasteiger partial charge in [-0.25, -0.2) is 0 Å². The number of para-hydroxylation sites is 1. The summed E-state index contributed by atoms with van der Waals surface area (Å²) in [4.78, 5) is 16.6. The van der Waals surface area contributed by atoms with Gasteiger partial charge in [-0.1, -0.05) is 19.1 Å². The Balaban J connectivity index is 2.08. The number of carbonyl (C=O) groups is 1. The average Bonchev–Trinajstić information content (AvgIpc) is 2.46. The number of anilines is 1. The predicted octanol–water partition coefficient (Wildman–Crippen LogP) is 0.750.